The lowest BCUT2D eigenvalue weighted by Gasteiger charge is -2.20. The van der Waals surface area contributed by atoms with E-state index in [2.05, 4.69) is 21.1 Å². The molecule has 0 aliphatic carbocycles. The predicted molar refractivity (Wildman–Crippen MR) is 121 cm³/mol. The number of allylic oxidation sites excluding steroid dienone is 1. The summed E-state index contributed by atoms with van der Waals surface area (Å²) in [6, 6.07) is 10.00. The van der Waals surface area contributed by atoms with Gasteiger partial charge in [0.1, 0.15) is 23.0 Å². The number of ketones is 1. The van der Waals surface area contributed by atoms with Gasteiger partial charge < -0.3 is 28.2 Å². The van der Waals surface area contributed by atoms with Gasteiger partial charge in [0, 0.05) is 34.2 Å². The maximum absolute atomic E-state index is 12.9. The number of esters is 1. The third-order valence-electron chi connectivity index (χ3n) is 5.19. The van der Waals surface area contributed by atoms with E-state index in [1.165, 1.54) is 13.2 Å². The van der Waals surface area contributed by atoms with Gasteiger partial charge in [0.2, 0.25) is 5.78 Å². The van der Waals surface area contributed by atoms with Gasteiger partial charge in [-0.05, 0) is 35.5 Å². The average Bonchev–Trinajstić information content (AvgIpc) is 3.42. The lowest BCUT2D eigenvalue weighted by atomic mass is 10.1. The second kappa shape index (κ2) is 9.32. The van der Waals surface area contributed by atoms with Crippen molar-refractivity contribution in [1.82, 2.24) is 5.16 Å². The molecule has 0 spiro atoms. The fourth-order valence-corrected chi connectivity index (χ4v) is 4.13. The van der Waals surface area contributed by atoms with Crippen molar-refractivity contribution in [3.63, 3.8) is 0 Å². The number of carbonyl (C=O) groups is 2. The highest BCUT2D eigenvalue weighted by Gasteiger charge is 2.29. The third-order valence-corrected chi connectivity index (χ3v) is 5.64. The molecule has 0 bridgehead atoms. The van der Waals surface area contributed by atoms with E-state index in [1.807, 2.05) is 12.1 Å². The summed E-state index contributed by atoms with van der Waals surface area (Å²) in [5, 5.41) is 3.69. The molecule has 0 saturated heterocycles. The summed E-state index contributed by atoms with van der Waals surface area (Å²) in [6.45, 7) is 0.553. The van der Waals surface area contributed by atoms with Gasteiger partial charge in [0.15, 0.2) is 12.6 Å². The third kappa shape index (κ3) is 4.55. The number of fused-ring (bicyclic) bond motifs is 2. The quantitative estimate of drug-likeness (QED) is 0.260. The summed E-state index contributed by atoms with van der Waals surface area (Å²) in [5.74, 6) is 1.50. The molecule has 5 rings (SSSR count). The molecular weight excluding hydrogens is 510 g/mol. The Labute approximate surface area is 202 Å². The van der Waals surface area contributed by atoms with Crippen LogP contribution in [0.2, 0.25) is 0 Å². The maximum Gasteiger partial charge on any atom is 0.311 e. The minimum atomic E-state index is -0.462. The molecule has 174 valence electrons. The smallest absolute Gasteiger partial charge is 0.311 e. The summed E-state index contributed by atoms with van der Waals surface area (Å²) in [7, 11) is 1.48. The van der Waals surface area contributed by atoms with E-state index in [4.69, 9.17) is 28.2 Å². The van der Waals surface area contributed by atoms with Crippen LogP contribution < -0.4 is 18.9 Å². The van der Waals surface area contributed by atoms with E-state index in [0.717, 1.165) is 10.0 Å². The van der Waals surface area contributed by atoms with Gasteiger partial charge in [-0.3, -0.25) is 9.59 Å². The molecule has 3 aromatic rings. The molecule has 10 heteroatoms. The first-order chi connectivity index (χ1) is 16.5. The number of aromatic nitrogens is 1. The number of rotatable bonds is 6. The summed E-state index contributed by atoms with van der Waals surface area (Å²) >= 11 is 3.47. The summed E-state index contributed by atoms with van der Waals surface area (Å²) in [5.41, 5.74) is 1.95. The minimum Gasteiger partial charge on any atom is -0.479 e. The van der Waals surface area contributed by atoms with Gasteiger partial charge in [-0.15, -0.1) is 0 Å². The van der Waals surface area contributed by atoms with Crippen LogP contribution >= 0.6 is 15.9 Å². The number of nitrogens with zero attached hydrogens (tertiary/aromatic N) is 1. The Morgan fingerprint density at radius 2 is 2.12 bits per heavy atom. The highest BCUT2D eigenvalue weighted by atomic mass is 79.9. The largest absolute Gasteiger partial charge is 0.479 e. The van der Waals surface area contributed by atoms with E-state index in [0.29, 0.717) is 47.3 Å². The number of methoxy groups -OCH3 is 1. The van der Waals surface area contributed by atoms with Gasteiger partial charge in [0.25, 0.3) is 5.88 Å². The van der Waals surface area contributed by atoms with E-state index < -0.39 is 5.97 Å². The van der Waals surface area contributed by atoms with Crippen molar-refractivity contribution in [2.75, 3.05) is 13.9 Å². The topological polar surface area (TPSA) is 106 Å². The number of hydrogen-bond acceptors (Lipinski definition) is 9. The second-order valence-corrected chi connectivity index (χ2v) is 8.42. The fraction of sp³-hybridized carbons (Fsp3) is 0.208. The lowest BCUT2D eigenvalue weighted by molar-refractivity contribution is -0.134. The van der Waals surface area contributed by atoms with E-state index in [1.54, 1.807) is 24.3 Å². The zero-order chi connectivity index (χ0) is 23.7. The van der Waals surface area contributed by atoms with Crippen molar-refractivity contribution in [1.29, 1.82) is 0 Å². The van der Waals surface area contributed by atoms with Crippen molar-refractivity contribution in [2.45, 2.75) is 19.4 Å². The average molecular weight is 528 g/mol. The number of benzene rings is 2. The van der Waals surface area contributed by atoms with Crippen LogP contribution in [0.4, 0.5) is 0 Å². The summed E-state index contributed by atoms with van der Waals surface area (Å²) in [4.78, 5) is 25.1. The Balaban J connectivity index is 1.29. The number of Topliss-reactive ketones (excluding diaryl/α,β-unsaturated/α-hetero) is 1. The van der Waals surface area contributed by atoms with Gasteiger partial charge in [0.05, 0.1) is 25.7 Å². The van der Waals surface area contributed by atoms with Crippen LogP contribution in [0, 0.1) is 0 Å². The molecule has 0 amide bonds. The Morgan fingerprint density at radius 3 is 2.94 bits per heavy atom. The normalized spacial score (nSPS) is 15.4. The Morgan fingerprint density at radius 1 is 1.24 bits per heavy atom. The molecular formula is C24H18BrNO8. The van der Waals surface area contributed by atoms with E-state index in [-0.39, 0.29) is 30.5 Å². The monoisotopic (exact) mass is 527 g/mol. The molecule has 0 unspecified atom stereocenters. The van der Waals surface area contributed by atoms with Crippen LogP contribution in [-0.4, -0.2) is 30.8 Å². The maximum atomic E-state index is 12.9. The lowest BCUT2D eigenvalue weighted by Crippen LogP contribution is -2.12. The van der Waals surface area contributed by atoms with E-state index >= 15 is 0 Å². The predicted octanol–water partition coefficient (Wildman–Crippen LogP) is 4.47. The molecule has 34 heavy (non-hydrogen) atoms. The SMILES string of the molecule is COc1cc(CCC(=O)Oc2ccc3c(c2)O/C(=C\c2cc(Br)cc4c2OCOC4)C3=O)on1. The molecule has 2 aromatic carbocycles. The van der Waals surface area contributed by atoms with Crippen molar-refractivity contribution >= 4 is 33.8 Å². The second-order valence-electron chi connectivity index (χ2n) is 7.50. The van der Waals surface area contributed by atoms with Gasteiger partial charge in [-0.25, -0.2) is 0 Å². The Hall–Kier alpha value is -3.63. The number of halogens is 1. The zero-order valence-electron chi connectivity index (χ0n) is 18.0. The van der Waals surface area contributed by atoms with Gasteiger partial charge >= 0.3 is 5.97 Å². The zero-order valence-corrected chi connectivity index (χ0v) is 19.5. The fourth-order valence-electron chi connectivity index (χ4n) is 3.60. The summed E-state index contributed by atoms with van der Waals surface area (Å²) < 4.78 is 33.0. The van der Waals surface area contributed by atoms with Crippen LogP contribution in [0.25, 0.3) is 6.08 Å². The molecule has 0 saturated carbocycles. The first-order valence-electron chi connectivity index (χ1n) is 10.3. The molecule has 0 N–H and O–H groups in total. The molecule has 0 radical (unpaired) electrons. The Kier molecular flexibility index (Phi) is 6.08. The van der Waals surface area contributed by atoms with Crippen molar-refractivity contribution in [3.8, 4) is 23.1 Å². The Bertz CT molecular complexity index is 1310. The van der Waals surface area contributed by atoms with Crippen molar-refractivity contribution in [3.05, 3.63) is 69.1 Å². The molecule has 0 fully saturated rings. The van der Waals surface area contributed by atoms with Crippen molar-refractivity contribution in [2.24, 2.45) is 0 Å². The molecule has 9 nitrogen and oxygen atoms in total. The highest BCUT2D eigenvalue weighted by molar-refractivity contribution is 9.10. The number of hydrogen-bond donors (Lipinski definition) is 0. The van der Waals surface area contributed by atoms with Crippen LogP contribution in [0.1, 0.15) is 33.7 Å². The number of aryl methyl sites for hydroxylation is 1. The van der Waals surface area contributed by atoms with Crippen LogP contribution in [-0.2, 0) is 22.6 Å². The van der Waals surface area contributed by atoms with Gasteiger partial charge in [-0.2, -0.15) is 0 Å². The van der Waals surface area contributed by atoms with Crippen LogP contribution in [0.3, 0.4) is 0 Å². The minimum absolute atomic E-state index is 0.0814. The molecule has 0 atom stereocenters. The van der Waals surface area contributed by atoms with Crippen LogP contribution in [0.15, 0.2) is 51.2 Å². The molecule has 2 aliphatic heterocycles. The summed E-state index contributed by atoms with van der Waals surface area (Å²) in [6.07, 6.45) is 2.03. The van der Waals surface area contributed by atoms with Crippen LogP contribution in [0.5, 0.6) is 23.1 Å². The molecule has 3 heterocycles. The highest BCUT2D eigenvalue weighted by Crippen LogP contribution is 2.38. The standard InChI is InChI=1S/C24H18BrNO8/c1-29-21-10-17(34-26-21)3-5-22(27)32-16-2-4-18-19(9-16)33-20(23(18)28)8-13-6-15(25)7-14-11-30-12-31-24(13)14/h2,4,6-10H,3,5,11-12H2,1H3/b20-8-. The molecule has 2 aliphatic rings. The van der Waals surface area contributed by atoms with E-state index in [9.17, 15) is 9.59 Å². The molecule has 1 aromatic heterocycles. The van der Waals surface area contributed by atoms with Crippen molar-refractivity contribution < 1.29 is 37.8 Å². The first-order valence-corrected chi connectivity index (χ1v) is 11.1. The van der Waals surface area contributed by atoms with Gasteiger partial charge in [-0.1, -0.05) is 15.9 Å². The number of ether oxygens (including phenoxy) is 5. The number of carbonyl (C=O) groups excluding carboxylic acids is 2. The first kappa shape index (κ1) is 22.2.